The summed E-state index contributed by atoms with van der Waals surface area (Å²) in [6.45, 7) is 3.64. The molecule has 0 fully saturated rings. The van der Waals surface area contributed by atoms with Crippen LogP contribution < -0.4 is 10.6 Å². The monoisotopic (exact) mass is 460 g/mol. The van der Waals surface area contributed by atoms with Crippen molar-refractivity contribution in [3.8, 4) is 0 Å². The molecule has 0 spiro atoms. The molecule has 1 atom stereocenters. The van der Waals surface area contributed by atoms with E-state index < -0.39 is 33.6 Å². The summed E-state index contributed by atoms with van der Waals surface area (Å²) >= 11 is 1.56. The largest absolute Gasteiger partial charge is 0.463 e. The number of urea groups is 1. The smallest absolute Gasteiger partial charge is 0.338 e. The molecule has 0 bridgehead atoms. The molecular weight excluding hydrogens is 436 g/mol. The lowest BCUT2D eigenvalue weighted by Crippen LogP contribution is -2.47. The molecule has 9 heteroatoms. The number of benzene rings is 2. The standard InChI is InChI=1S/C22H24N2O5S2/c1-4-29-21(25)19-18(13-31(27,28)17-11-5-14(2)6-12-17)23-22(26)24-20(19)15-7-9-16(30-3)10-8-15/h5-12,20H,4,13H2,1-3H3,(H2,23,24,26). The molecule has 1 unspecified atom stereocenters. The van der Waals surface area contributed by atoms with Crippen LogP contribution in [0, 0.1) is 6.92 Å². The maximum atomic E-state index is 13.0. The van der Waals surface area contributed by atoms with E-state index >= 15 is 0 Å². The van der Waals surface area contributed by atoms with E-state index in [1.165, 1.54) is 12.1 Å². The number of hydrogen-bond acceptors (Lipinski definition) is 6. The van der Waals surface area contributed by atoms with Crippen LogP contribution in [0.5, 0.6) is 0 Å². The second-order valence-electron chi connectivity index (χ2n) is 6.99. The van der Waals surface area contributed by atoms with Gasteiger partial charge in [-0.05, 0) is 49.9 Å². The third-order valence-corrected chi connectivity index (χ3v) is 7.22. The van der Waals surface area contributed by atoms with Gasteiger partial charge in [-0.25, -0.2) is 18.0 Å². The van der Waals surface area contributed by atoms with Gasteiger partial charge in [-0.15, -0.1) is 11.8 Å². The Balaban J connectivity index is 2.07. The summed E-state index contributed by atoms with van der Waals surface area (Å²) in [5, 5.41) is 5.22. The average molecular weight is 461 g/mol. The van der Waals surface area contributed by atoms with Crippen LogP contribution >= 0.6 is 11.8 Å². The summed E-state index contributed by atoms with van der Waals surface area (Å²) in [6, 6.07) is 12.4. The van der Waals surface area contributed by atoms with Gasteiger partial charge in [0.05, 0.1) is 28.9 Å². The maximum Gasteiger partial charge on any atom is 0.338 e. The van der Waals surface area contributed by atoms with Crippen molar-refractivity contribution in [1.29, 1.82) is 0 Å². The molecule has 0 aliphatic carbocycles. The van der Waals surface area contributed by atoms with Gasteiger partial charge in [0, 0.05) is 10.6 Å². The highest BCUT2D eigenvalue weighted by Gasteiger charge is 2.35. The lowest BCUT2D eigenvalue weighted by Gasteiger charge is -2.29. The topological polar surface area (TPSA) is 102 Å². The predicted molar refractivity (Wildman–Crippen MR) is 120 cm³/mol. The fourth-order valence-electron chi connectivity index (χ4n) is 3.25. The Labute approximate surface area is 186 Å². The summed E-state index contributed by atoms with van der Waals surface area (Å²) in [6.07, 6.45) is 1.94. The molecule has 1 aliphatic heterocycles. The van der Waals surface area contributed by atoms with E-state index in [0.717, 1.165) is 10.5 Å². The van der Waals surface area contributed by atoms with Crippen molar-refractivity contribution >= 4 is 33.6 Å². The van der Waals surface area contributed by atoms with Crippen LogP contribution in [-0.4, -0.2) is 39.0 Å². The average Bonchev–Trinajstić information content (AvgIpc) is 2.73. The molecule has 2 aromatic carbocycles. The van der Waals surface area contributed by atoms with Gasteiger partial charge in [-0.2, -0.15) is 0 Å². The van der Waals surface area contributed by atoms with Gasteiger partial charge < -0.3 is 15.4 Å². The van der Waals surface area contributed by atoms with Crippen molar-refractivity contribution in [3.63, 3.8) is 0 Å². The van der Waals surface area contributed by atoms with E-state index in [2.05, 4.69) is 10.6 Å². The summed E-state index contributed by atoms with van der Waals surface area (Å²) in [4.78, 5) is 26.3. The number of amides is 2. The maximum absolute atomic E-state index is 13.0. The molecule has 164 valence electrons. The fourth-order valence-corrected chi connectivity index (χ4v) is 4.98. The number of sulfone groups is 1. The van der Waals surface area contributed by atoms with E-state index in [9.17, 15) is 18.0 Å². The van der Waals surface area contributed by atoms with Gasteiger partial charge in [0.25, 0.3) is 0 Å². The zero-order chi connectivity index (χ0) is 22.6. The zero-order valence-electron chi connectivity index (χ0n) is 17.5. The van der Waals surface area contributed by atoms with Crippen molar-refractivity contribution in [1.82, 2.24) is 10.6 Å². The van der Waals surface area contributed by atoms with Crippen LogP contribution in [0.1, 0.15) is 24.1 Å². The molecule has 0 saturated carbocycles. The third kappa shape index (κ3) is 5.29. The molecule has 2 amide bonds. The number of carbonyl (C=O) groups excluding carboxylic acids is 2. The first-order valence-corrected chi connectivity index (χ1v) is 12.5. The summed E-state index contributed by atoms with van der Waals surface area (Å²) in [7, 11) is -3.81. The van der Waals surface area contributed by atoms with Gasteiger partial charge in [-0.3, -0.25) is 0 Å². The molecule has 31 heavy (non-hydrogen) atoms. The van der Waals surface area contributed by atoms with Crippen molar-refractivity contribution in [2.24, 2.45) is 0 Å². The lowest BCUT2D eigenvalue weighted by atomic mass is 9.95. The van der Waals surface area contributed by atoms with E-state index in [0.29, 0.717) is 5.56 Å². The highest BCUT2D eigenvalue weighted by atomic mass is 32.2. The van der Waals surface area contributed by atoms with Gasteiger partial charge >= 0.3 is 12.0 Å². The van der Waals surface area contributed by atoms with Crippen molar-refractivity contribution in [2.45, 2.75) is 29.7 Å². The molecule has 2 aromatic rings. The first-order valence-electron chi connectivity index (χ1n) is 9.66. The Bertz CT molecular complexity index is 1110. The summed E-state index contributed by atoms with van der Waals surface area (Å²) < 4.78 is 31.2. The first-order chi connectivity index (χ1) is 14.7. The molecule has 1 heterocycles. The normalized spacial score (nSPS) is 16.5. The number of thioether (sulfide) groups is 1. The minimum atomic E-state index is -3.81. The Morgan fingerprint density at radius 1 is 1.10 bits per heavy atom. The number of aryl methyl sites for hydroxylation is 1. The highest BCUT2D eigenvalue weighted by molar-refractivity contribution is 7.98. The van der Waals surface area contributed by atoms with Crippen LogP contribution in [0.25, 0.3) is 0 Å². The molecule has 2 N–H and O–H groups in total. The fraction of sp³-hybridized carbons (Fsp3) is 0.273. The summed E-state index contributed by atoms with van der Waals surface area (Å²) in [5.74, 6) is -1.21. The quantitative estimate of drug-likeness (QED) is 0.485. The molecule has 1 aliphatic rings. The van der Waals surface area contributed by atoms with Gasteiger partial charge in [0.2, 0.25) is 0 Å². The first kappa shape index (κ1) is 22.9. The van der Waals surface area contributed by atoms with Crippen molar-refractivity contribution in [2.75, 3.05) is 18.6 Å². The molecule has 7 nitrogen and oxygen atoms in total. The number of rotatable bonds is 7. The number of hydrogen-bond donors (Lipinski definition) is 2. The Morgan fingerprint density at radius 3 is 2.32 bits per heavy atom. The molecule has 0 radical (unpaired) electrons. The number of ether oxygens (including phenoxy) is 1. The third-order valence-electron chi connectivity index (χ3n) is 4.81. The zero-order valence-corrected chi connectivity index (χ0v) is 19.1. The minimum absolute atomic E-state index is 0.0155. The van der Waals surface area contributed by atoms with Gasteiger partial charge in [-0.1, -0.05) is 29.8 Å². The number of carbonyl (C=O) groups is 2. The van der Waals surface area contributed by atoms with E-state index in [-0.39, 0.29) is 22.8 Å². The Morgan fingerprint density at radius 2 is 1.74 bits per heavy atom. The van der Waals surface area contributed by atoms with E-state index in [1.54, 1.807) is 43.0 Å². The highest BCUT2D eigenvalue weighted by Crippen LogP contribution is 2.30. The van der Waals surface area contributed by atoms with Crippen LogP contribution in [0.4, 0.5) is 4.79 Å². The number of nitrogens with one attached hydrogen (secondary N) is 2. The number of esters is 1. The van der Waals surface area contributed by atoms with Gasteiger partial charge in [0.15, 0.2) is 9.84 Å². The summed E-state index contributed by atoms with van der Waals surface area (Å²) in [5.41, 5.74) is 1.67. The SMILES string of the molecule is CCOC(=O)C1=C(CS(=O)(=O)c2ccc(C)cc2)NC(=O)NC1c1ccc(SC)cc1. The second kappa shape index (κ2) is 9.57. The van der Waals surface area contributed by atoms with Crippen molar-refractivity contribution in [3.05, 3.63) is 70.9 Å². The van der Waals surface area contributed by atoms with E-state index in [4.69, 9.17) is 4.74 Å². The van der Waals surface area contributed by atoms with Crippen LogP contribution in [0.2, 0.25) is 0 Å². The lowest BCUT2D eigenvalue weighted by molar-refractivity contribution is -0.139. The predicted octanol–water partition coefficient (Wildman–Crippen LogP) is 3.36. The van der Waals surface area contributed by atoms with Crippen LogP contribution in [0.15, 0.2) is 69.6 Å². The Kier molecular flexibility index (Phi) is 7.07. The Hall–Kier alpha value is -2.78. The molecule has 0 aromatic heterocycles. The van der Waals surface area contributed by atoms with E-state index in [1.807, 2.05) is 25.3 Å². The molecular formula is C22H24N2O5S2. The van der Waals surface area contributed by atoms with Crippen LogP contribution in [-0.2, 0) is 19.4 Å². The molecule has 3 rings (SSSR count). The van der Waals surface area contributed by atoms with Crippen LogP contribution in [0.3, 0.4) is 0 Å². The minimum Gasteiger partial charge on any atom is -0.463 e. The van der Waals surface area contributed by atoms with Crippen molar-refractivity contribution < 1.29 is 22.7 Å². The second-order valence-corrected chi connectivity index (χ2v) is 9.86. The van der Waals surface area contributed by atoms with Gasteiger partial charge in [0.1, 0.15) is 0 Å². The molecule has 0 saturated heterocycles.